The Hall–Kier alpha value is -0.890. The van der Waals surface area contributed by atoms with Gasteiger partial charge in [0.1, 0.15) is 0 Å². The maximum absolute atomic E-state index is 6.04. The number of anilines is 2. The standard InChI is InChI=1S/C12H8Cl3N.C2H6/c13-8-4-1-2-7-11(8)16-12-9(14)5-3-6-10(12)15;1-2/h1-7,16H;1-2H3. The van der Waals surface area contributed by atoms with Crippen LogP contribution in [0.15, 0.2) is 42.5 Å². The van der Waals surface area contributed by atoms with Crippen LogP contribution in [-0.4, -0.2) is 0 Å². The average Bonchev–Trinajstić information content (AvgIpc) is 2.38. The van der Waals surface area contributed by atoms with Crippen LogP contribution >= 0.6 is 34.8 Å². The first-order chi connectivity index (χ1) is 8.68. The average molecular weight is 303 g/mol. The molecule has 1 N–H and O–H groups in total. The molecule has 2 aromatic rings. The Kier molecular flexibility index (Phi) is 6.34. The van der Waals surface area contributed by atoms with Crippen LogP contribution in [0.1, 0.15) is 13.8 Å². The van der Waals surface area contributed by atoms with Crippen LogP contribution in [0.2, 0.25) is 15.1 Å². The van der Waals surface area contributed by atoms with E-state index < -0.39 is 0 Å². The van der Waals surface area contributed by atoms with E-state index in [9.17, 15) is 0 Å². The van der Waals surface area contributed by atoms with Gasteiger partial charge in [-0.25, -0.2) is 0 Å². The molecule has 0 unspecified atom stereocenters. The summed E-state index contributed by atoms with van der Waals surface area (Å²) in [4.78, 5) is 0. The molecule has 2 rings (SSSR count). The van der Waals surface area contributed by atoms with Gasteiger partial charge in [0.05, 0.1) is 26.4 Å². The molecule has 0 amide bonds. The summed E-state index contributed by atoms with van der Waals surface area (Å²) in [6.07, 6.45) is 0. The fraction of sp³-hybridized carbons (Fsp3) is 0.143. The molecule has 0 atom stereocenters. The van der Waals surface area contributed by atoms with Crippen LogP contribution in [0.25, 0.3) is 0 Å². The topological polar surface area (TPSA) is 12.0 Å². The predicted octanol–water partition coefficient (Wildman–Crippen LogP) is 6.42. The van der Waals surface area contributed by atoms with Gasteiger partial charge in [0.25, 0.3) is 0 Å². The summed E-state index contributed by atoms with van der Waals surface area (Å²) >= 11 is 18.1. The summed E-state index contributed by atoms with van der Waals surface area (Å²) in [5, 5.41) is 4.86. The molecular formula is C14H14Cl3N. The zero-order chi connectivity index (χ0) is 13.5. The lowest BCUT2D eigenvalue weighted by molar-refractivity contribution is 1.50. The molecule has 0 radical (unpaired) electrons. The van der Waals surface area contributed by atoms with Crippen LogP contribution in [0.3, 0.4) is 0 Å². The van der Waals surface area contributed by atoms with Crippen molar-refractivity contribution in [1.82, 2.24) is 0 Å². The zero-order valence-electron chi connectivity index (χ0n) is 10.2. The highest BCUT2D eigenvalue weighted by molar-refractivity contribution is 6.39. The van der Waals surface area contributed by atoms with Gasteiger partial charge in [0.2, 0.25) is 0 Å². The third-order valence-corrected chi connectivity index (χ3v) is 3.06. The van der Waals surface area contributed by atoms with Crippen LogP contribution in [0.5, 0.6) is 0 Å². The first kappa shape index (κ1) is 15.2. The summed E-state index contributed by atoms with van der Waals surface area (Å²) < 4.78 is 0. The number of nitrogens with one attached hydrogen (secondary N) is 1. The van der Waals surface area contributed by atoms with Gasteiger partial charge >= 0.3 is 0 Å². The molecule has 0 aliphatic heterocycles. The van der Waals surface area contributed by atoms with E-state index >= 15 is 0 Å². The fourth-order valence-electron chi connectivity index (χ4n) is 1.31. The van der Waals surface area contributed by atoms with E-state index in [-0.39, 0.29) is 0 Å². The van der Waals surface area contributed by atoms with Crippen molar-refractivity contribution in [2.75, 3.05) is 5.32 Å². The number of hydrogen-bond donors (Lipinski definition) is 1. The largest absolute Gasteiger partial charge is 0.352 e. The fourth-order valence-corrected chi connectivity index (χ4v) is 1.99. The molecule has 96 valence electrons. The minimum atomic E-state index is 0.562. The number of benzene rings is 2. The molecule has 1 nitrogen and oxygen atoms in total. The lowest BCUT2D eigenvalue weighted by atomic mass is 10.2. The second kappa shape index (κ2) is 7.52. The van der Waals surface area contributed by atoms with Crippen molar-refractivity contribution in [3.05, 3.63) is 57.5 Å². The Labute approximate surface area is 123 Å². The van der Waals surface area contributed by atoms with Gasteiger partial charge < -0.3 is 5.32 Å². The highest BCUT2D eigenvalue weighted by atomic mass is 35.5. The molecule has 0 saturated carbocycles. The van der Waals surface area contributed by atoms with E-state index in [4.69, 9.17) is 34.8 Å². The molecule has 0 heterocycles. The Balaban J connectivity index is 0.000000771. The molecule has 0 fully saturated rings. The second-order valence-electron chi connectivity index (χ2n) is 3.20. The number of para-hydroxylation sites is 2. The minimum absolute atomic E-state index is 0.562. The van der Waals surface area contributed by atoms with Crippen LogP contribution in [-0.2, 0) is 0 Å². The highest BCUT2D eigenvalue weighted by Gasteiger charge is 2.06. The maximum Gasteiger partial charge on any atom is 0.0763 e. The summed E-state index contributed by atoms with van der Waals surface area (Å²) in [7, 11) is 0. The summed E-state index contributed by atoms with van der Waals surface area (Å²) in [6, 6.07) is 12.7. The van der Waals surface area contributed by atoms with Crippen molar-refractivity contribution in [1.29, 1.82) is 0 Å². The second-order valence-corrected chi connectivity index (χ2v) is 4.42. The SMILES string of the molecule is CC.Clc1ccccc1Nc1c(Cl)cccc1Cl. The van der Waals surface area contributed by atoms with Gasteiger partial charge in [-0.1, -0.05) is 66.8 Å². The maximum atomic E-state index is 6.04. The molecule has 18 heavy (non-hydrogen) atoms. The van der Waals surface area contributed by atoms with Crippen molar-refractivity contribution in [2.24, 2.45) is 0 Å². The van der Waals surface area contributed by atoms with Gasteiger partial charge in [-0.3, -0.25) is 0 Å². The normalized spacial score (nSPS) is 9.39. The number of rotatable bonds is 2. The van der Waals surface area contributed by atoms with Crippen molar-refractivity contribution in [3.63, 3.8) is 0 Å². The van der Waals surface area contributed by atoms with Gasteiger partial charge in [-0.15, -0.1) is 0 Å². The zero-order valence-corrected chi connectivity index (χ0v) is 12.4. The predicted molar refractivity (Wildman–Crippen MR) is 82.5 cm³/mol. The Morgan fingerprint density at radius 1 is 0.722 bits per heavy atom. The lowest BCUT2D eigenvalue weighted by Gasteiger charge is -2.11. The Morgan fingerprint density at radius 2 is 1.22 bits per heavy atom. The molecule has 2 aromatic carbocycles. The Morgan fingerprint density at radius 3 is 1.78 bits per heavy atom. The van der Waals surface area contributed by atoms with Crippen molar-refractivity contribution >= 4 is 46.2 Å². The molecule has 0 saturated heterocycles. The van der Waals surface area contributed by atoms with E-state index in [0.717, 1.165) is 5.69 Å². The third-order valence-electron chi connectivity index (χ3n) is 2.10. The quantitative estimate of drug-likeness (QED) is 0.675. The minimum Gasteiger partial charge on any atom is -0.352 e. The summed E-state index contributed by atoms with van der Waals surface area (Å²) in [5.74, 6) is 0. The van der Waals surface area contributed by atoms with Crippen molar-refractivity contribution in [3.8, 4) is 0 Å². The van der Waals surface area contributed by atoms with Crippen LogP contribution in [0, 0.1) is 0 Å². The third kappa shape index (κ3) is 3.81. The number of halogens is 3. The van der Waals surface area contributed by atoms with E-state index in [0.29, 0.717) is 20.8 Å². The van der Waals surface area contributed by atoms with E-state index in [1.54, 1.807) is 24.3 Å². The highest BCUT2D eigenvalue weighted by Crippen LogP contribution is 2.34. The van der Waals surface area contributed by atoms with Gasteiger partial charge in [0, 0.05) is 0 Å². The molecule has 0 spiro atoms. The van der Waals surface area contributed by atoms with Crippen molar-refractivity contribution in [2.45, 2.75) is 13.8 Å². The van der Waals surface area contributed by atoms with Gasteiger partial charge in [0.15, 0.2) is 0 Å². The summed E-state index contributed by atoms with van der Waals surface area (Å²) in [5.41, 5.74) is 1.44. The molecule has 0 aliphatic carbocycles. The first-order valence-electron chi connectivity index (χ1n) is 5.64. The van der Waals surface area contributed by atoms with Gasteiger partial charge in [-0.05, 0) is 24.3 Å². The summed E-state index contributed by atoms with van der Waals surface area (Å²) in [6.45, 7) is 4.00. The van der Waals surface area contributed by atoms with Crippen molar-refractivity contribution < 1.29 is 0 Å². The lowest BCUT2D eigenvalue weighted by Crippen LogP contribution is -1.92. The van der Waals surface area contributed by atoms with E-state index in [1.165, 1.54) is 0 Å². The monoisotopic (exact) mass is 301 g/mol. The van der Waals surface area contributed by atoms with E-state index in [2.05, 4.69) is 5.32 Å². The van der Waals surface area contributed by atoms with Gasteiger partial charge in [-0.2, -0.15) is 0 Å². The molecule has 4 heteroatoms. The molecule has 0 aliphatic rings. The Bertz CT molecular complexity index is 492. The van der Waals surface area contributed by atoms with Crippen LogP contribution in [0.4, 0.5) is 11.4 Å². The van der Waals surface area contributed by atoms with Crippen LogP contribution < -0.4 is 5.32 Å². The molecule has 0 aromatic heterocycles. The van der Waals surface area contributed by atoms with E-state index in [1.807, 2.05) is 32.0 Å². The molecular weight excluding hydrogens is 289 g/mol. The smallest absolute Gasteiger partial charge is 0.0763 e. The number of hydrogen-bond acceptors (Lipinski definition) is 1. The first-order valence-corrected chi connectivity index (χ1v) is 6.77. The molecule has 0 bridgehead atoms.